The third kappa shape index (κ3) is 1.74. The summed E-state index contributed by atoms with van der Waals surface area (Å²) in [5.74, 6) is 0. The molecular weight excluding hydrogens is 126 g/mol. The molecular formula is C8H15NO. The summed E-state index contributed by atoms with van der Waals surface area (Å²) in [7, 11) is 0. The monoisotopic (exact) mass is 141 g/mol. The Kier molecular flexibility index (Phi) is 2.00. The molecule has 0 saturated carbocycles. The molecule has 10 heavy (non-hydrogen) atoms. The lowest BCUT2D eigenvalue weighted by Gasteiger charge is -2.36. The summed E-state index contributed by atoms with van der Waals surface area (Å²) in [6.07, 6.45) is 4.14. The summed E-state index contributed by atoms with van der Waals surface area (Å²) in [5.41, 5.74) is 0.191. The van der Waals surface area contributed by atoms with Crippen molar-refractivity contribution in [1.82, 2.24) is 4.90 Å². The fraction of sp³-hybridized carbons (Fsp3) is 0.750. The fourth-order valence-corrected chi connectivity index (χ4v) is 0.850. The van der Waals surface area contributed by atoms with Gasteiger partial charge < -0.3 is 9.64 Å². The van der Waals surface area contributed by atoms with Gasteiger partial charge in [0.1, 0.15) is 6.73 Å². The van der Waals surface area contributed by atoms with Gasteiger partial charge >= 0.3 is 0 Å². The zero-order valence-electron chi connectivity index (χ0n) is 6.92. The molecule has 1 rings (SSSR count). The Morgan fingerprint density at radius 3 is 2.40 bits per heavy atom. The normalized spacial score (nSPS) is 19.7. The molecule has 2 nitrogen and oxygen atoms in total. The number of rotatable bonds is 0. The largest absolute Gasteiger partial charge is 0.357 e. The van der Waals surface area contributed by atoms with E-state index in [1.54, 1.807) is 0 Å². The van der Waals surface area contributed by atoms with Crippen LogP contribution in [0.3, 0.4) is 0 Å². The topological polar surface area (TPSA) is 12.5 Å². The van der Waals surface area contributed by atoms with Crippen LogP contribution in [-0.4, -0.2) is 23.8 Å². The third-order valence-electron chi connectivity index (χ3n) is 1.59. The average Bonchev–Trinajstić information content (AvgIpc) is 1.88. The van der Waals surface area contributed by atoms with Crippen molar-refractivity contribution in [3.8, 4) is 0 Å². The van der Waals surface area contributed by atoms with Crippen LogP contribution in [0.2, 0.25) is 0 Å². The zero-order chi connectivity index (χ0) is 7.61. The van der Waals surface area contributed by atoms with E-state index in [1.807, 2.05) is 6.08 Å². The first kappa shape index (κ1) is 7.61. The van der Waals surface area contributed by atoms with Gasteiger partial charge in [0.2, 0.25) is 0 Å². The van der Waals surface area contributed by atoms with Crippen molar-refractivity contribution in [2.75, 3.05) is 13.3 Å². The Balaban J connectivity index is 2.55. The molecule has 0 aromatic carbocycles. The van der Waals surface area contributed by atoms with Gasteiger partial charge in [0.25, 0.3) is 0 Å². The predicted octanol–water partition coefficient (Wildman–Crippen LogP) is 1.59. The van der Waals surface area contributed by atoms with Crippen molar-refractivity contribution in [2.45, 2.75) is 26.3 Å². The average molecular weight is 141 g/mol. The number of ether oxygens (including phenoxy) is 1. The molecule has 2 heteroatoms. The van der Waals surface area contributed by atoms with E-state index in [9.17, 15) is 0 Å². The van der Waals surface area contributed by atoms with E-state index >= 15 is 0 Å². The minimum atomic E-state index is 0.191. The highest BCUT2D eigenvalue weighted by Gasteiger charge is 2.18. The molecule has 0 aromatic heterocycles. The van der Waals surface area contributed by atoms with Gasteiger partial charge in [0, 0.05) is 11.7 Å². The highest BCUT2D eigenvalue weighted by atomic mass is 16.5. The highest BCUT2D eigenvalue weighted by molar-refractivity contribution is 4.90. The van der Waals surface area contributed by atoms with Crippen LogP contribution in [0, 0.1) is 0 Å². The third-order valence-corrected chi connectivity index (χ3v) is 1.59. The maximum absolute atomic E-state index is 5.25. The highest BCUT2D eigenvalue weighted by Crippen LogP contribution is 2.15. The molecule has 0 bridgehead atoms. The zero-order valence-corrected chi connectivity index (χ0v) is 6.92. The number of nitrogens with zero attached hydrogens (tertiary/aromatic N) is 1. The van der Waals surface area contributed by atoms with E-state index in [1.165, 1.54) is 0 Å². The Hall–Kier alpha value is -0.500. The summed E-state index contributed by atoms with van der Waals surface area (Å²) >= 11 is 0. The van der Waals surface area contributed by atoms with Gasteiger partial charge in [0.15, 0.2) is 0 Å². The molecule has 1 aliphatic heterocycles. The van der Waals surface area contributed by atoms with Gasteiger partial charge in [-0.05, 0) is 26.8 Å². The maximum atomic E-state index is 5.25. The Bertz CT molecular complexity index is 135. The van der Waals surface area contributed by atoms with Gasteiger partial charge in [-0.3, -0.25) is 0 Å². The van der Waals surface area contributed by atoms with Crippen LogP contribution in [0.25, 0.3) is 0 Å². The summed E-state index contributed by atoms with van der Waals surface area (Å²) in [4.78, 5) is 2.18. The van der Waals surface area contributed by atoms with Gasteiger partial charge in [-0.25, -0.2) is 0 Å². The smallest absolute Gasteiger partial charge is 0.119 e. The number of hydrogen-bond donors (Lipinski definition) is 0. The van der Waals surface area contributed by atoms with Crippen LogP contribution in [0.5, 0.6) is 0 Å². The van der Waals surface area contributed by atoms with E-state index in [0.717, 1.165) is 13.3 Å². The summed E-state index contributed by atoms with van der Waals surface area (Å²) in [5, 5.41) is 0. The molecule has 1 heterocycles. The SMILES string of the molecule is CC(C)(C)N1C=CCOC1. The van der Waals surface area contributed by atoms with Crippen molar-refractivity contribution >= 4 is 0 Å². The molecule has 0 atom stereocenters. The molecule has 0 N–H and O–H groups in total. The fourth-order valence-electron chi connectivity index (χ4n) is 0.850. The lowest BCUT2D eigenvalue weighted by Crippen LogP contribution is -2.40. The first-order chi connectivity index (χ1) is 4.61. The second-order valence-electron chi connectivity index (χ2n) is 3.53. The van der Waals surface area contributed by atoms with E-state index in [2.05, 4.69) is 31.9 Å². The minimum absolute atomic E-state index is 0.191. The molecule has 0 aromatic rings. The van der Waals surface area contributed by atoms with Crippen LogP contribution >= 0.6 is 0 Å². The molecule has 0 amide bonds. The minimum Gasteiger partial charge on any atom is -0.357 e. The molecule has 0 aliphatic carbocycles. The van der Waals surface area contributed by atoms with Crippen LogP contribution < -0.4 is 0 Å². The molecule has 0 saturated heterocycles. The van der Waals surface area contributed by atoms with Crippen molar-refractivity contribution in [3.63, 3.8) is 0 Å². The first-order valence-electron chi connectivity index (χ1n) is 3.62. The van der Waals surface area contributed by atoms with Crippen LogP contribution in [0.4, 0.5) is 0 Å². The van der Waals surface area contributed by atoms with Crippen molar-refractivity contribution < 1.29 is 4.74 Å². The Labute approximate surface area is 62.5 Å². The molecule has 0 radical (unpaired) electrons. The van der Waals surface area contributed by atoms with Crippen LogP contribution in [-0.2, 0) is 4.74 Å². The van der Waals surface area contributed by atoms with E-state index in [4.69, 9.17) is 4.74 Å². The molecule has 1 aliphatic rings. The van der Waals surface area contributed by atoms with Crippen LogP contribution in [0.1, 0.15) is 20.8 Å². The second kappa shape index (κ2) is 2.62. The molecule has 0 unspecified atom stereocenters. The summed E-state index contributed by atoms with van der Waals surface area (Å²) < 4.78 is 5.25. The Morgan fingerprint density at radius 2 is 2.10 bits per heavy atom. The molecule has 58 valence electrons. The maximum Gasteiger partial charge on any atom is 0.119 e. The van der Waals surface area contributed by atoms with Gasteiger partial charge in [-0.15, -0.1) is 0 Å². The second-order valence-corrected chi connectivity index (χ2v) is 3.53. The number of hydrogen-bond acceptors (Lipinski definition) is 2. The lowest BCUT2D eigenvalue weighted by molar-refractivity contribution is 0.0121. The van der Waals surface area contributed by atoms with Crippen LogP contribution in [0.15, 0.2) is 12.3 Å². The first-order valence-corrected chi connectivity index (χ1v) is 3.62. The van der Waals surface area contributed by atoms with Crippen molar-refractivity contribution in [3.05, 3.63) is 12.3 Å². The molecule has 0 spiro atoms. The predicted molar refractivity (Wildman–Crippen MR) is 41.6 cm³/mol. The van der Waals surface area contributed by atoms with Gasteiger partial charge in [-0.1, -0.05) is 0 Å². The quantitative estimate of drug-likeness (QED) is 0.508. The standard InChI is InChI=1S/C8H15NO/c1-8(2,3)9-5-4-6-10-7-9/h4-5H,6-7H2,1-3H3. The molecule has 0 fully saturated rings. The summed E-state index contributed by atoms with van der Waals surface area (Å²) in [6.45, 7) is 8.00. The lowest BCUT2D eigenvalue weighted by atomic mass is 10.1. The van der Waals surface area contributed by atoms with Gasteiger partial charge in [-0.2, -0.15) is 0 Å². The Morgan fingerprint density at radius 1 is 1.40 bits per heavy atom. The van der Waals surface area contributed by atoms with E-state index in [0.29, 0.717) is 0 Å². The van der Waals surface area contributed by atoms with E-state index in [-0.39, 0.29) is 5.54 Å². The summed E-state index contributed by atoms with van der Waals surface area (Å²) in [6, 6.07) is 0. The van der Waals surface area contributed by atoms with E-state index < -0.39 is 0 Å². The van der Waals surface area contributed by atoms with Crippen molar-refractivity contribution in [1.29, 1.82) is 0 Å². The van der Waals surface area contributed by atoms with Crippen molar-refractivity contribution in [2.24, 2.45) is 0 Å². The van der Waals surface area contributed by atoms with Gasteiger partial charge in [0.05, 0.1) is 6.61 Å².